The van der Waals surface area contributed by atoms with Crippen LogP contribution in [-0.2, 0) is 18.7 Å². The molecule has 3 heterocycles. The van der Waals surface area contributed by atoms with Crippen LogP contribution >= 0.6 is 0 Å². The molecule has 8 nitrogen and oxygen atoms in total. The number of aliphatic hydroxyl groups is 1. The van der Waals surface area contributed by atoms with Crippen molar-refractivity contribution >= 4 is 11.0 Å². The van der Waals surface area contributed by atoms with Gasteiger partial charge in [0.15, 0.2) is 0 Å². The molecule has 2 unspecified atom stereocenters. The fourth-order valence-corrected chi connectivity index (χ4v) is 5.79. The third kappa shape index (κ3) is 3.33. The highest BCUT2D eigenvalue weighted by Gasteiger charge is 2.53. The number of methoxy groups -OCH3 is 2. The molecule has 2 bridgehead atoms. The van der Waals surface area contributed by atoms with Crippen molar-refractivity contribution in [2.24, 2.45) is 11.8 Å². The summed E-state index contributed by atoms with van der Waals surface area (Å²) in [4.78, 5) is 16.0. The minimum Gasteiger partial charge on any atom is -0.481 e. The molecule has 5 rings (SSSR count). The number of rotatable bonds is 6. The van der Waals surface area contributed by atoms with Crippen molar-refractivity contribution in [2.75, 3.05) is 27.3 Å². The molecule has 0 radical (unpaired) electrons. The quantitative estimate of drug-likeness (QED) is 0.634. The number of hydrogen-bond acceptors (Lipinski definition) is 7. The summed E-state index contributed by atoms with van der Waals surface area (Å²) in [6.45, 7) is 5.43. The fourth-order valence-electron chi connectivity index (χ4n) is 5.79. The van der Waals surface area contributed by atoms with Crippen molar-refractivity contribution < 1.29 is 14.6 Å². The number of imidazole rings is 1. The first-order valence-electron chi connectivity index (χ1n) is 11.4. The van der Waals surface area contributed by atoms with Gasteiger partial charge in [0.1, 0.15) is 11.4 Å². The normalized spacial score (nSPS) is 25.8. The molecule has 0 amide bonds. The Morgan fingerprint density at radius 2 is 1.84 bits per heavy atom. The Balaban J connectivity index is 1.44. The van der Waals surface area contributed by atoms with Gasteiger partial charge < -0.3 is 19.1 Å². The van der Waals surface area contributed by atoms with Gasteiger partial charge in [-0.3, -0.25) is 4.90 Å². The summed E-state index contributed by atoms with van der Waals surface area (Å²) in [6, 6.07) is 8.56. The SMILES string of the molecule is CCn1c(CN2CC3CCCC(C2)C3(O)c2cnc(OC)nc2OC)nc2ccccc21. The summed E-state index contributed by atoms with van der Waals surface area (Å²) in [5.41, 5.74) is 1.89. The second-order valence-electron chi connectivity index (χ2n) is 8.88. The van der Waals surface area contributed by atoms with Crippen molar-refractivity contribution in [2.45, 2.75) is 44.9 Å². The molecular formula is C24H31N5O3. The molecule has 1 saturated carbocycles. The van der Waals surface area contributed by atoms with E-state index in [2.05, 4.69) is 44.6 Å². The van der Waals surface area contributed by atoms with Gasteiger partial charge in [-0.15, -0.1) is 0 Å². The number of benzene rings is 1. The Bertz CT molecular complexity index is 1100. The highest BCUT2D eigenvalue weighted by atomic mass is 16.5. The van der Waals surface area contributed by atoms with Gasteiger partial charge >= 0.3 is 6.01 Å². The number of nitrogens with zero attached hydrogens (tertiary/aromatic N) is 5. The molecule has 0 spiro atoms. The molecule has 1 aliphatic heterocycles. The summed E-state index contributed by atoms with van der Waals surface area (Å²) in [6.07, 6.45) is 4.73. The highest BCUT2D eigenvalue weighted by molar-refractivity contribution is 5.75. The predicted molar refractivity (Wildman–Crippen MR) is 121 cm³/mol. The topological polar surface area (TPSA) is 85.5 Å². The van der Waals surface area contributed by atoms with Crippen LogP contribution in [0.5, 0.6) is 11.9 Å². The fraction of sp³-hybridized carbons (Fsp3) is 0.542. The van der Waals surface area contributed by atoms with Crippen molar-refractivity contribution in [1.82, 2.24) is 24.4 Å². The molecule has 1 N–H and O–H groups in total. The van der Waals surface area contributed by atoms with E-state index < -0.39 is 5.60 Å². The van der Waals surface area contributed by atoms with Crippen molar-refractivity contribution in [3.8, 4) is 11.9 Å². The summed E-state index contributed by atoms with van der Waals surface area (Å²) in [7, 11) is 3.11. The molecule has 2 aliphatic rings. The predicted octanol–water partition coefficient (Wildman–Crippen LogP) is 2.98. The van der Waals surface area contributed by atoms with Crippen LogP contribution in [0.2, 0.25) is 0 Å². The summed E-state index contributed by atoms with van der Waals surface area (Å²) < 4.78 is 13.0. The summed E-state index contributed by atoms with van der Waals surface area (Å²) in [5.74, 6) is 1.65. The number of piperidine rings is 1. The number of hydrogen-bond donors (Lipinski definition) is 1. The van der Waals surface area contributed by atoms with Crippen LogP contribution in [0, 0.1) is 11.8 Å². The molecular weight excluding hydrogens is 406 g/mol. The number of ether oxygens (including phenoxy) is 2. The lowest BCUT2D eigenvalue weighted by Crippen LogP contribution is -2.58. The smallest absolute Gasteiger partial charge is 0.319 e. The molecule has 2 atom stereocenters. The summed E-state index contributed by atoms with van der Waals surface area (Å²) >= 11 is 0. The Labute approximate surface area is 188 Å². The van der Waals surface area contributed by atoms with Gasteiger partial charge in [0, 0.05) is 37.7 Å². The van der Waals surface area contributed by atoms with Crippen LogP contribution < -0.4 is 9.47 Å². The van der Waals surface area contributed by atoms with Gasteiger partial charge in [0.25, 0.3) is 0 Å². The molecule has 1 saturated heterocycles. The highest BCUT2D eigenvalue weighted by Crippen LogP contribution is 2.51. The zero-order chi connectivity index (χ0) is 22.3. The van der Waals surface area contributed by atoms with E-state index in [0.717, 1.165) is 56.8 Å². The zero-order valence-corrected chi connectivity index (χ0v) is 19.0. The van der Waals surface area contributed by atoms with Crippen LogP contribution in [0.3, 0.4) is 0 Å². The average Bonchev–Trinajstić information content (AvgIpc) is 3.16. The van der Waals surface area contributed by atoms with Crippen LogP contribution in [0.4, 0.5) is 0 Å². The number of fused-ring (bicyclic) bond motifs is 3. The van der Waals surface area contributed by atoms with E-state index >= 15 is 0 Å². The molecule has 1 aromatic carbocycles. The molecule has 2 aromatic heterocycles. The van der Waals surface area contributed by atoms with Crippen molar-refractivity contribution in [3.63, 3.8) is 0 Å². The van der Waals surface area contributed by atoms with Gasteiger partial charge in [-0.2, -0.15) is 4.98 Å². The lowest BCUT2D eigenvalue weighted by atomic mass is 9.63. The van der Waals surface area contributed by atoms with Gasteiger partial charge in [-0.25, -0.2) is 9.97 Å². The van der Waals surface area contributed by atoms with Crippen molar-refractivity contribution in [1.29, 1.82) is 0 Å². The largest absolute Gasteiger partial charge is 0.481 e. The van der Waals surface area contributed by atoms with E-state index in [-0.39, 0.29) is 17.8 Å². The monoisotopic (exact) mass is 437 g/mol. The zero-order valence-electron chi connectivity index (χ0n) is 19.0. The second kappa shape index (κ2) is 8.33. The molecule has 1 aliphatic carbocycles. The maximum atomic E-state index is 12.0. The Hall–Kier alpha value is -2.71. The average molecular weight is 438 g/mol. The van der Waals surface area contributed by atoms with E-state index in [0.29, 0.717) is 11.4 Å². The minimum atomic E-state index is -1.00. The number of aryl methyl sites for hydroxylation is 1. The molecule has 32 heavy (non-hydrogen) atoms. The Morgan fingerprint density at radius 3 is 2.53 bits per heavy atom. The van der Waals surface area contributed by atoms with Gasteiger partial charge in [0.2, 0.25) is 5.88 Å². The van der Waals surface area contributed by atoms with E-state index in [4.69, 9.17) is 14.5 Å². The third-order valence-corrected chi connectivity index (χ3v) is 7.26. The lowest BCUT2D eigenvalue weighted by Gasteiger charge is -2.53. The molecule has 8 heteroatoms. The van der Waals surface area contributed by atoms with Gasteiger partial charge in [-0.05, 0) is 31.9 Å². The second-order valence-corrected chi connectivity index (χ2v) is 8.88. The van der Waals surface area contributed by atoms with Crippen LogP contribution in [0.25, 0.3) is 11.0 Å². The number of aromatic nitrogens is 4. The van der Waals surface area contributed by atoms with Gasteiger partial charge in [-0.1, -0.05) is 18.6 Å². The van der Waals surface area contributed by atoms with Crippen LogP contribution in [0.1, 0.15) is 37.6 Å². The number of likely N-dealkylation sites (tertiary alicyclic amines) is 1. The van der Waals surface area contributed by atoms with Crippen LogP contribution in [0.15, 0.2) is 30.5 Å². The van der Waals surface area contributed by atoms with E-state index in [1.165, 1.54) is 12.6 Å². The lowest BCUT2D eigenvalue weighted by molar-refractivity contribution is -0.150. The minimum absolute atomic E-state index is 0.0837. The van der Waals surface area contributed by atoms with Gasteiger partial charge in [0.05, 0.1) is 37.4 Å². The van der Waals surface area contributed by atoms with E-state index in [1.807, 2.05) is 6.07 Å². The standard InChI is InChI=1S/C24H31N5O3/c1-4-29-20-11-6-5-10-19(20)26-21(29)15-28-13-16-8-7-9-17(14-28)24(16,30)18-12-25-23(32-3)27-22(18)31-2/h5-6,10-12,16-17,30H,4,7-9,13-15H2,1-3H3. The first kappa shape index (κ1) is 21.2. The number of para-hydroxylation sites is 2. The Kier molecular flexibility index (Phi) is 5.51. The first-order chi connectivity index (χ1) is 15.6. The molecule has 170 valence electrons. The Morgan fingerprint density at radius 1 is 1.09 bits per heavy atom. The molecule has 2 fully saturated rings. The first-order valence-corrected chi connectivity index (χ1v) is 11.4. The maximum absolute atomic E-state index is 12.0. The van der Waals surface area contributed by atoms with E-state index in [1.54, 1.807) is 13.3 Å². The maximum Gasteiger partial charge on any atom is 0.319 e. The van der Waals surface area contributed by atoms with Crippen LogP contribution in [-0.4, -0.2) is 56.8 Å². The van der Waals surface area contributed by atoms with E-state index in [9.17, 15) is 5.11 Å². The third-order valence-electron chi connectivity index (χ3n) is 7.26. The van der Waals surface area contributed by atoms with Crippen molar-refractivity contribution in [3.05, 3.63) is 41.9 Å². The summed E-state index contributed by atoms with van der Waals surface area (Å²) in [5, 5.41) is 12.0. The molecule has 3 aromatic rings.